The average molecular weight is 406 g/mol. The number of rotatable bonds is 7. The highest BCUT2D eigenvalue weighted by molar-refractivity contribution is 5.64. The van der Waals surface area contributed by atoms with Gasteiger partial charge in [-0.1, -0.05) is 97.1 Å². The van der Waals surface area contributed by atoms with Gasteiger partial charge in [-0.25, -0.2) is 0 Å². The molecule has 0 saturated carbocycles. The molecular weight excluding hydrogens is 374 g/mol. The molecule has 0 radical (unpaired) electrons. The molecular formula is C30H31N. The molecule has 0 fully saturated rings. The van der Waals surface area contributed by atoms with E-state index in [1.54, 1.807) is 0 Å². The summed E-state index contributed by atoms with van der Waals surface area (Å²) in [5, 5.41) is 0. The molecule has 0 bridgehead atoms. The predicted octanol–water partition coefficient (Wildman–Crippen LogP) is 7.22. The normalized spacial score (nSPS) is 11.3. The molecule has 0 amide bonds. The van der Waals surface area contributed by atoms with Crippen LogP contribution in [0.1, 0.15) is 41.7 Å². The lowest BCUT2D eigenvalue weighted by atomic mass is 9.64. The molecule has 156 valence electrons. The summed E-state index contributed by atoms with van der Waals surface area (Å²) in [5.41, 5.74) is 7.39. The molecule has 4 rings (SSSR count). The largest absolute Gasteiger partial charge is 0.372 e. The van der Waals surface area contributed by atoms with E-state index in [9.17, 15) is 0 Å². The van der Waals surface area contributed by atoms with E-state index in [0.29, 0.717) is 0 Å². The van der Waals surface area contributed by atoms with E-state index < -0.39 is 0 Å². The Morgan fingerprint density at radius 1 is 0.581 bits per heavy atom. The second kappa shape index (κ2) is 9.22. The molecule has 0 heterocycles. The van der Waals surface area contributed by atoms with E-state index in [2.05, 4.69) is 135 Å². The summed E-state index contributed by atoms with van der Waals surface area (Å²) in [5.74, 6) is 0. The molecule has 0 unspecified atom stereocenters. The van der Waals surface area contributed by atoms with Gasteiger partial charge in [-0.15, -0.1) is 0 Å². The number of aryl methyl sites for hydroxylation is 1. The first-order chi connectivity index (χ1) is 15.2. The van der Waals surface area contributed by atoms with Crippen LogP contribution >= 0.6 is 0 Å². The number of nitrogens with zero attached hydrogens (tertiary/aromatic N) is 1. The van der Waals surface area contributed by atoms with Crippen LogP contribution in [-0.4, -0.2) is 13.1 Å². The Morgan fingerprint density at radius 2 is 1.00 bits per heavy atom. The Balaban J connectivity index is 2.06. The Hall–Kier alpha value is -3.32. The summed E-state index contributed by atoms with van der Waals surface area (Å²) in [6.45, 7) is 8.71. The third-order valence-corrected chi connectivity index (χ3v) is 6.36. The maximum atomic E-state index is 2.41. The first-order valence-electron chi connectivity index (χ1n) is 11.2. The lowest BCUT2D eigenvalue weighted by Gasteiger charge is -2.38. The second-order valence-corrected chi connectivity index (χ2v) is 8.02. The fourth-order valence-electron chi connectivity index (χ4n) is 4.89. The van der Waals surface area contributed by atoms with Crippen molar-refractivity contribution in [3.8, 4) is 0 Å². The van der Waals surface area contributed by atoms with Crippen LogP contribution in [0.3, 0.4) is 0 Å². The monoisotopic (exact) mass is 405 g/mol. The van der Waals surface area contributed by atoms with Gasteiger partial charge >= 0.3 is 0 Å². The Morgan fingerprint density at radius 3 is 1.35 bits per heavy atom. The minimum absolute atomic E-state index is 0.379. The quantitative estimate of drug-likeness (QED) is 0.293. The van der Waals surface area contributed by atoms with Gasteiger partial charge in [-0.2, -0.15) is 0 Å². The van der Waals surface area contributed by atoms with E-state index in [0.717, 1.165) is 13.1 Å². The average Bonchev–Trinajstić information content (AvgIpc) is 2.84. The third kappa shape index (κ3) is 3.77. The number of hydrogen-bond acceptors (Lipinski definition) is 1. The van der Waals surface area contributed by atoms with Gasteiger partial charge < -0.3 is 4.90 Å². The van der Waals surface area contributed by atoms with Crippen molar-refractivity contribution in [3.05, 3.63) is 137 Å². The summed E-state index contributed by atoms with van der Waals surface area (Å²) in [6.07, 6.45) is 0. The SMILES string of the molecule is CCN(CC)c1ccc(C(c2ccccc2)(c2ccccc2)c2ccccc2)c(C)c1. The van der Waals surface area contributed by atoms with Crippen molar-refractivity contribution < 1.29 is 0 Å². The predicted molar refractivity (Wildman–Crippen MR) is 133 cm³/mol. The molecule has 0 N–H and O–H groups in total. The van der Waals surface area contributed by atoms with Crippen LogP contribution in [0, 0.1) is 6.92 Å². The Bertz CT molecular complexity index is 1000. The van der Waals surface area contributed by atoms with Crippen molar-refractivity contribution in [3.63, 3.8) is 0 Å². The van der Waals surface area contributed by atoms with Crippen molar-refractivity contribution >= 4 is 5.69 Å². The zero-order valence-electron chi connectivity index (χ0n) is 18.8. The van der Waals surface area contributed by atoms with E-state index in [1.165, 1.54) is 33.5 Å². The molecule has 0 aliphatic rings. The minimum atomic E-state index is -0.379. The summed E-state index contributed by atoms with van der Waals surface area (Å²) >= 11 is 0. The maximum absolute atomic E-state index is 2.41. The third-order valence-electron chi connectivity index (χ3n) is 6.36. The molecule has 0 saturated heterocycles. The molecule has 0 spiro atoms. The van der Waals surface area contributed by atoms with Crippen molar-refractivity contribution in [2.24, 2.45) is 0 Å². The van der Waals surface area contributed by atoms with Gasteiger partial charge in [0.2, 0.25) is 0 Å². The molecule has 1 nitrogen and oxygen atoms in total. The highest BCUT2D eigenvalue weighted by Gasteiger charge is 2.39. The van der Waals surface area contributed by atoms with E-state index in [4.69, 9.17) is 0 Å². The van der Waals surface area contributed by atoms with E-state index in [1.807, 2.05) is 0 Å². The summed E-state index contributed by atoms with van der Waals surface area (Å²) in [4.78, 5) is 2.41. The van der Waals surface area contributed by atoms with E-state index in [-0.39, 0.29) is 5.41 Å². The van der Waals surface area contributed by atoms with Gasteiger partial charge in [-0.3, -0.25) is 0 Å². The molecule has 0 aromatic heterocycles. The molecule has 4 aromatic rings. The fraction of sp³-hybridized carbons (Fsp3) is 0.200. The molecule has 31 heavy (non-hydrogen) atoms. The van der Waals surface area contributed by atoms with Gasteiger partial charge in [0.15, 0.2) is 0 Å². The molecule has 1 heteroatoms. The number of hydrogen-bond donors (Lipinski definition) is 0. The van der Waals surface area contributed by atoms with Gasteiger partial charge in [-0.05, 0) is 60.7 Å². The fourth-order valence-corrected chi connectivity index (χ4v) is 4.89. The van der Waals surface area contributed by atoms with Crippen molar-refractivity contribution in [1.29, 1.82) is 0 Å². The second-order valence-electron chi connectivity index (χ2n) is 8.02. The first kappa shape index (κ1) is 20.9. The van der Waals surface area contributed by atoms with Gasteiger partial charge in [0, 0.05) is 18.8 Å². The van der Waals surface area contributed by atoms with Crippen LogP contribution in [-0.2, 0) is 5.41 Å². The van der Waals surface area contributed by atoms with Gasteiger partial charge in [0.05, 0.1) is 5.41 Å². The smallest absolute Gasteiger partial charge is 0.0704 e. The zero-order chi connectivity index (χ0) is 21.7. The van der Waals surface area contributed by atoms with Crippen LogP contribution in [0.25, 0.3) is 0 Å². The van der Waals surface area contributed by atoms with Crippen molar-refractivity contribution in [1.82, 2.24) is 0 Å². The first-order valence-corrected chi connectivity index (χ1v) is 11.2. The molecule has 0 atom stereocenters. The summed E-state index contributed by atoms with van der Waals surface area (Å²) in [7, 11) is 0. The highest BCUT2D eigenvalue weighted by atomic mass is 15.1. The summed E-state index contributed by atoms with van der Waals surface area (Å²) < 4.78 is 0. The van der Waals surface area contributed by atoms with Crippen molar-refractivity contribution in [2.45, 2.75) is 26.2 Å². The lowest BCUT2D eigenvalue weighted by molar-refractivity contribution is 0.737. The van der Waals surface area contributed by atoms with Crippen LogP contribution in [0.15, 0.2) is 109 Å². The van der Waals surface area contributed by atoms with Crippen LogP contribution in [0.4, 0.5) is 5.69 Å². The Kier molecular flexibility index (Phi) is 6.23. The number of benzene rings is 4. The number of anilines is 1. The highest BCUT2D eigenvalue weighted by Crippen LogP contribution is 2.46. The van der Waals surface area contributed by atoms with E-state index >= 15 is 0 Å². The summed E-state index contributed by atoms with van der Waals surface area (Å²) in [6, 6.07) is 39.7. The zero-order valence-corrected chi connectivity index (χ0v) is 18.8. The van der Waals surface area contributed by atoms with Gasteiger partial charge in [0.1, 0.15) is 0 Å². The minimum Gasteiger partial charge on any atom is -0.372 e. The lowest BCUT2D eigenvalue weighted by Crippen LogP contribution is -2.32. The maximum Gasteiger partial charge on any atom is 0.0704 e. The standard InChI is InChI=1S/C30H31N/c1-4-31(5-2)28-21-22-29(24(3)23-28)30(25-15-9-6-10-16-25,26-17-11-7-12-18-26)27-19-13-8-14-20-27/h6-23H,4-5H2,1-3H3. The topological polar surface area (TPSA) is 3.24 Å². The van der Waals surface area contributed by atoms with Gasteiger partial charge in [0.25, 0.3) is 0 Å². The molecule has 4 aromatic carbocycles. The van der Waals surface area contributed by atoms with Crippen LogP contribution < -0.4 is 4.90 Å². The van der Waals surface area contributed by atoms with Crippen molar-refractivity contribution in [2.75, 3.05) is 18.0 Å². The van der Waals surface area contributed by atoms with Crippen LogP contribution in [0.5, 0.6) is 0 Å². The molecule has 0 aliphatic carbocycles. The van der Waals surface area contributed by atoms with Crippen LogP contribution in [0.2, 0.25) is 0 Å². The Labute approximate surface area is 187 Å². The molecule has 0 aliphatic heterocycles.